The molecule has 28 heavy (non-hydrogen) atoms. The predicted octanol–water partition coefficient (Wildman–Crippen LogP) is 3.24. The van der Waals surface area contributed by atoms with Gasteiger partial charge in [-0.05, 0) is 49.7 Å². The molecule has 1 heterocycles. The minimum atomic E-state index is -4.54. The van der Waals surface area contributed by atoms with Crippen molar-refractivity contribution < 1.29 is 26.4 Å². The molecule has 0 aliphatic carbocycles. The van der Waals surface area contributed by atoms with Crippen LogP contribution in [0.25, 0.3) is 0 Å². The second-order valence-corrected chi connectivity index (χ2v) is 8.10. The lowest BCUT2D eigenvalue weighted by atomic mass is 10.2. The first-order valence-corrected chi connectivity index (χ1v) is 9.94. The van der Waals surface area contributed by atoms with E-state index in [1.165, 1.54) is 18.3 Å². The molecule has 1 aromatic heterocycles. The molecule has 11 heteroatoms. The van der Waals surface area contributed by atoms with Crippen LogP contribution < -0.4 is 10.0 Å². The standard InChI is InChI=1S/C17H17ClF3N3O3S/c1-11(8-9-22-16(25)15-7-4-13(18)10-23-15)24-28(26,27)14-5-2-12(3-6-14)17(19,20)21/h2-7,10-11,24H,8-9H2,1H3,(H,22,25). The molecule has 2 N–H and O–H groups in total. The number of pyridine rings is 1. The molecule has 1 unspecified atom stereocenters. The zero-order valence-electron chi connectivity index (χ0n) is 14.6. The molecular weight excluding hydrogens is 419 g/mol. The van der Waals surface area contributed by atoms with Crippen molar-refractivity contribution in [3.8, 4) is 0 Å². The Labute approximate surface area is 165 Å². The van der Waals surface area contributed by atoms with Gasteiger partial charge in [0.15, 0.2) is 0 Å². The van der Waals surface area contributed by atoms with Crippen LogP contribution in [-0.4, -0.2) is 31.9 Å². The van der Waals surface area contributed by atoms with E-state index in [9.17, 15) is 26.4 Å². The van der Waals surface area contributed by atoms with Crippen molar-refractivity contribution in [2.45, 2.75) is 30.5 Å². The first-order chi connectivity index (χ1) is 13.0. The van der Waals surface area contributed by atoms with Crippen LogP contribution in [0.4, 0.5) is 13.2 Å². The Morgan fingerprint density at radius 1 is 1.18 bits per heavy atom. The van der Waals surface area contributed by atoms with Crippen LogP contribution >= 0.6 is 11.6 Å². The van der Waals surface area contributed by atoms with Gasteiger partial charge in [0.25, 0.3) is 5.91 Å². The van der Waals surface area contributed by atoms with Gasteiger partial charge in [-0.15, -0.1) is 0 Å². The van der Waals surface area contributed by atoms with Crippen LogP contribution in [0.15, 0.2) is 47.5 Å². The molecule has 0 fully saturated rings. The summed E-state index contributed by atoms with van der Waals surface area (Å²) in [4.78, 5) is 15.5. The number of benzene rings is 1. The summed E-state index contributed by atoms with van der Waals surface area (Å²) >= 11 is 5.69. The Balaban J connectivity index is 1.88. The van der Waals surface area contributed by atoms with E-state index >= 15 is 0 Å². The minimum absolute atomic E-state index is 0.167. The van der Waals surface area contributed by atoms with Crippen LogP contribution in [0.1, 0.15) is 29.4 Å². The van der Waals surface area contributed by atoms with Crippen molar-refractivity contribution in [3.63, 3.8) is 0 Å². The number of carbonyl (C=O) groups excluding carboxylic acids is 1. The number of nitrogens with zero attached hydrogens (tertiary/aromatic N) is 1. The van der Waals surface area contributed by atoms with Gasteiger partial charge < -0.3 is 5.32 Å². The molecule has 0 bridgehead atoms. The van der Waals surface area contributed by atoms with Crippen LogP contribution in [0.3, 0.4) is 0 Å². The number of hydrogen-bond acceptors (Lipinski definition) is 4. The van der Waals surface area contributed by atoms with E-state index in [2.05, 4.69) is 15.0 Å². The molecule has 1 atom stereocenters. The number of rotatable bonds is 7. The van der Waals surface area contributed by atoms with Gasteiger partial charge in [-0.3, -0.25) is 4.79 Å². The highest BCUT2D eigenvalue weighted by atomic mass is 35.5. The normalized spacial score (nSPS) is 13.2. The summed E-state index contributed by atoms with van der Waals surface area (Å²) in [5.41, 5.74) is -0.764. The third-order valence-corrected chi connectivity index (χ3v) is 5.50. The van der Waals surface area contributed by atoms with E-state index in [0.29, 0.717) is 17.2 Å². The van der Waals surface area contributed by atoms with E-state index in [0.717, 1.165) is 12.1 Å². The van der Waals surface area contributed by atoms with Crippen molar-refractivity contribution in [1.29, 1.82) is 0 Å². The van der Waals surface area contributed by atoms with Crippen molar-refractivity contribution >= 4 is 27.5 Å². The molecule has 6 nitrogen and oxygen atoms in total. The number of alkyl halides is 3. The zero-order valence-corrected chi connectivity index (χ0v) is 16.2. The second kappa shape index (κ2) is 8.89. The maximum absolute atomic E-state index is 12.6. The maximum atomic E-state index is 12.6. The van der Waals surface area contributed by atoms with Gasteiger partial charge in [0, 0.05) is 18.8 Å². The quantitative estimate of drug-likeness (QED) is 0.698. The summed E-state index contributed by atoms with van der Waals surface area (Å²) in [5, 5.41) is 2.99. The van der Waals surface area contributed by atoms with Crippen LogP contribution in [-0.2, 0) is 16.2 Å². The topological polar surface area (TPSA) is 88.2 Å². The molecule has 2 aromatic rings. The first kappa shape index (κ1) is 22.1. The molecule has 152 valence electrons. The van der Waals surface area contributed by atoms with Gasteiger partial charge in [-0.25, -0.2) is 18.1 Å². The highest BCUT2D eigenvalue weighted by Gasteiger charge is 2.30. The molecule has 0 saturated heterocycles. The SMILES string of the molecule is CC(CCNC(=O)c1ccc(Cl)cn1)NS(=O)(=O)c1ccc(C(F)(F)F)cc1. The van der Waals surface area contributed by atoms with Crippen molar-refractivity contribution in [1.82, 2.24) is 15.0 Å². The third-order valence-electron chi connectivity index (χ3n) is 3.67. The number of sulfonamides is 1. The number of halogens is 4. The molecule has 0 radical (unpaired) electrons. The lowest BCUT2D eigenvalue weighted by Gasteiger charge is -2.15. The molecule has 0 spiro atoms. The number of aromatic nitrogens is 1. The Hall–Kier alpha value is -2.17. The van der Waals surface area contributed by atoms with Gasteiger partial charge in [0.2, 0.25) is 10.0 Å². The van der Waals surface area contributed by atoms with Gasteiger partial charge in [0.05, 0.1) is 15.5 Å². The molecule has 1 amide bonds. The van der Waals surface area contributed by atoms with Gasteiger partial charge >= 0.3 is 6.18 Å². The fraction of sp³-hybridized carbons (Fsp3) is 0.294. The maximum Gasteiger partial charge on any atom is 0.416 e. The summed E-state index contributed by atoms with van der Waals surface area (Å²) in [6.07, 6.45) is -2.95. The van der Waals surface area contributed by atoms with Gasteiger partial charge in [-0.2, -0.15) is 13.2 Å². The van der Waals surface area contributed by atoms with E-state index in [4.69, 9.17) is 11.6 Å². The number of amides is 1. The molecule has 0 aliphatic heterocycles. The third kappa shape index (κ3) is 6.18. The average Bonchev–Trinajstić information content (AvgIpc) is 2.61. The van der Waals surface area contributed by atoms with Gasteiger partial charge in [0.1, 0.15) is 5.69 Å². The van der Waals surface area contributed by atoms with E-state index in [1.54, 1.807) is 6.92 Å². The lowest BCUT2D eigenvalue weighted by molar-refractivity contribution is -0.137. The van der Waals surface area contributed by atoms with Gasteiger partial charge in [-0.1, -0.05) is 11.6 Å². The smallest absolute Gasteiger partial charge is 0.351 e. The fourth-order valence-corrected chi connectivity index (χ4v) is 3.61. The highest BCUT2D eigenvalue weighted by molar-refractivity contribution is 7.89. The predicted molar refractivity (Wildman–Crippen MR) is 97.4 cm³/mol. The summed E-state index contributed by atoms with van der Waals surface area (Å²) in [6.45, 7) is 1.74. The Morgan fingerprint density at radius 3 is 2.36 bits per heavy atom. The molecule has 0 saturated carbocycles. The number of nitrogens with one attached hydrogen (secondary N) is 2. The first-order valence-electron chi connectivity index (χ1n) is 8.08. The van der Waals surface area contributed by atoms with E-state index < -0.39 is 33.7 Å². The van der Waals surface area contributed by atoms with E-state index in [-0.39, 0.29) is 23.6 Å². The Bertz CT molecular complexity index is 917. The molecule has 0 aliphatic rings. The van der Waals surface area contributed by atoms with E-state index in [1.807, 2.05) is 0 Å². The molecular formula is C17H17ClF3N3O3S. The van der Waals surface area contributed by atoms with Crippen molar-refractivity contribution in [2.75, 3.05) is 6.54 Å². The van der Waals surface area contributed by atoms with Crippen molar-refractivity contribution in [2.24, 2.45) is 0 Å². The Kier molecular flexibility index (Phi) is 7.02. The summed E-state index contributed by atoms with van der Waals surface area (Å²) in [7, 11) is -3.99. The van der Waals surface area contributed by atoms with Crippen LogP contribution in [0.2, 0.25) is 5.02 Å². The number of carbonyl (C=O) groups is 1. The number of hydrogen-bond donors (Lipinski definition) is 2. The average molecular weight is 436 g/mol. The van der Waals surface area contributed by atoms with Crippen molar-refractivity contribution in [3.05, 3.63) is 58.9 Å². The summed E-state index contributed by atoms with van der Waals surface area (Å²) in [6, 6.07) is 5.61. The van der Waals surface area contributed by atoms with Crippen LogP contribution in [0, 0.1) is 0 Å². The minimum Gasteiger partial charge on any atom is -0.351 e. The highest BCUT2D eigenvalue weighted by Crippen LogP contribution is 2.29. The summed E-state index contributed by atoms with van der Waals surface area (Å²) < 4.78 is 64.5. The fourth-order valence-electron chi connectivity index (χ4n) is 2.22. The molecule has 2 rings (SSSR count). The van der Waals surface area contributed by atoms with Crippen LogP contribution in [0.5, 0.6) is 0 Å². The summed E-state index contributed by atoms with van der Waals surface area (Å²) in [5.74, 6) is -0.436. The largest absolute Gasteiger partial charge is 0.416 e. The lowest BCUT2D eigenvalue weighted by Crippen LogP contribution is -2.36. The monoisotopic (exact) mass is 435 g/mol. The second-order valence-electron chi connectivity index (χ2n) is 5.95. The zero-order chi connectivity index (χ0) is 20.9. The Morgan fingerprint density at radius 2 is 1.82 bits per heavy atom. The molecule has 1 aromatic carbocycles.